The maximum Gasteiger partial charge on any atom is 0.155 e. The first kappa shape index (κ1) is 15.4. The van der Waals surface area contributed by atoms with Crippen LogP contribution < -0.4 is 0 Å². The van der Waals surface area contributed by atoms with Crippen molar-refractivity contribution in [1.29, 1.82) is 0 Å². The summed E-state index contributed by atoms with van der Waals surface area (Å²) in [5, 5.41) is 9.31. The molecular weight excluding hydrogens is 282 g/mol. The highest BCUT2D eigenvalue weighted by Crippen LogP contribution is 2.08. The van der Waals surface area contributed by atoms with E-state index in [1.807, 2.05) is 16.8 Å². The zero-order chi connectivity index (χ0) is 15.2. The number of aliphatic hydroxyl groups excluding tert-OH is 1. The summed E-state index contributed by atoms with van der Waals surface area (Å²) in [6, 6.07) is 0. The van der Waals surface area contributed by atoms with Crippen molar-refractivity contribution in [2.45, 2.75) is 6.54 Å². The van der Waals surface area contributed by atoms with E-state index >= 15 is 0 Å². The zero-order valence-electron chi connectivity index (χ0n) is 12.8. The minimum Gasteiger partial charge on any atom is -0.395 e. The van der Waals surface area contributed by atoms with Crippen LogP contribution in [0.25, 0.3) is 5.65 Å². The average Bonchev–Trinajstić information content (AvgIpc) is 2.97. The SMILES string of the molecule is OCCN(CCN1CCOCC1)Cc1cnc2cnccn12. The molecule has 0 radical (unpaired) electrons. The lowest BCUT2D eigenvalue weighted by atomic mass is 10.3. The molecule has 1 N–H and O–H groups in total. The molecule has 2 aromatic heterocycles. The number of rotatable bonds is 7. The van der Waals surface area contributed by atoms with Gasteiger partial charge < -0.3 is 9.84 Å². The van der Waals surface area contributed by atoms with E-state index in [0.717, 1.165) is 57.3 Å². The Kier molecular flexibility index (Phi) is 5.33. The number of ether oxygens (including phenoxy) is 1. The summed E-state index contributed by atoms with van der Waals surface area (Å²) in [6.45, 7) is 7.17. The third kappa shape index (κ3) is 3.80. The fraction of sp³-hybridized carbons (Fsp3) is 0.600. The van der Waals surface area contributed by atoms with Gasteiger partial charge in [-0.25, -0.2) is 4.98 Å². The van der Waals surface area contributed by atoms with Crippen molar-refractivity contribution in [3.8, 4) is 0 Å². The van der Waals surface area contributed by atoms with Gasteiger partial charge in [0.05, 0.1) is 37.9 Å². The fourth-order valence-corrected chi connectivity index (χ4v) is 2.76. The number of hydrogen-bond acceptors (Lipinski definition) is 6. The fourth-order valence-electron chi connectivity index (χ4n) is 2.76. The molecule has 0 aromatic carbocycles. The van der Waals surface area contributed by atoms with E-state index in [2.05, 4.69) is 19.8 Å². The maximum absolute atomic E-state index is 9.31. The van der Waals surface area contributed by atoms with Crippen LogP contribution in [0.5, 0.6) is 0 Å². The molecule has 0 aliphatic carbocycles. The molecule has 1 aliphatic rings. The molecule has 0 saturated carbocycles. The first-order valence-electron chi connectivity index (χ1n) is 7.76. The molecule has 1 fully saturated rings. The second-order valence-corrected chi connectivity index (χ2v) is 5.51. The first-order chi connectivity index (χ1) is 10.9. The molecule has 7 heteroatoms. The van der Waals surface area contributed by atoms with E-state index in [-0.39, 0.29) is 6.61 Å². The van der Waals surface area contributed by atoms with Crippen LogP contribution in [0.2, 0.25) is 0 Å². The van der Waals surface area contributed by atoms with Crippen molar-refractivity contribution >= 4 is 5.65 Å². The summed E-state index contributed by atoms with van der Waals surface area (Å²) >= 11 is 0. The highest BCUT2D eigenvalue weighted by molar-refractivity contribution is 5.36. The van der Waals surface area contributed by atoms with Crippen LogP contribution in [0.4, 0.5) is 0 Å². The monoisotopic (exact) mass is 305 g/mol. The van der Waals surface area contributed by atoms with Crippen LogP contribution in [-0.2, 0) is 11.3 Å². The third-order valence-electron chi connectivity index (χ3n) is 4.03. The summed E-state index contributed by atoms with van der Waals surface area (Å²) in [4.78, 5) is 13.1. The molecule has 0 unspecified atom stereocenters. The molecular formula is C15H23N5O2. The Bertz CT molecular complexity index is 582. The van der Waals surface area contributed by atoms with Gasteiger partial charge in [0.2, 0.25) is 0 Å². The number of hydrogen-bond donors (Lipinski definition) is 1. The van der Waals surface area contributed by atoms with Gasteiger partial charge in [-0.3, -0.25) is 19.2 Å². The molecule has 1 saturated heterocycles. The van der Waals surface area contributed by atoms with Gasteiger partial charge in [-0.1, -0.05) is 0 Å². The van der Waals surface area contributed by atoms with Gasteiger partial charge in [0.25, 0.3) is 0 Å². The quantitative estimate of drug-likeness (QED) is 0.768. The molecule has 0 bridgehead atoms. The van der Waals surface area contributed by atoms with Crippen molar-refractivity contribution in [3.05, 3.63) is 30.5 Å². The molecule has 3 rings (SSSR count). The second kappa shape index (κ2) is 7.64. The molecule has 7 nitrogen and oxygen atoms in total. The predicted octanol–water partition coefficient (Wildman–Crippen LogP) is -0.144. The number of nitrogens with zero attached hydrogens (tertiary/aromatic N) is 5. The van der Waals surface area contributed by atoms with Crippen LogP contribution in [0.15, 0.2) is 24.8 Å². The molecule has 3 heterocycles. The van der Waals surface area contributed by atoms with Crippen molar-refractivity contribution in [2.24, 2.45) is 0 Å². The van der Waals surface area contributed by atoms with Gasteiger partial charge >= 0.3 is 0 Å². The minimum atomic E-state index is 0.168. The Labute approximate surface area is 130 Å². The van der Waals surface area contributed by atoms with Crippen LogP contribution in [0.3, 0.4) is 0 Å². The Hall–Kier alpha value is -1.54. The second-order valence-electron chi connectivity index (χ2n) is 5.51. The van der Waals surface area contributed by atoms with Crippen molar-refractivity contribution in [1.82, 2.24) is 24.2 Å². The molecule has 0 spiro atoms. The predicted molar refractivity (Wildman–Crippen MR) is 82.6 cm³/mol. The first-order valence-corrected chi connectivity index (χ1v) is 7.76. The van der Waals surface area contributed by atoms with E-state index in [4.69, 9.17) is 4.74 Å². The van der Waals surface area contributed by atoms with Gasteiger partial charge in [-0.05, 0) is 0 Å². The number of fused-ring (bicyclic) bond motifs is 1. The van der Waals surface area contributed by atoms with E-state index in [0.29, 0.717) is 6.54 Å². The topological polar surface area (TPSA) is 66.1 Å². The summed E-state index contributed by atoms with van der Waals surface area (Å²) in [7, 11) is 0. The van der Waals surface area contributed by atoms with Gasteiger partial charge in [0.1, 0.15) is 0 Å². The van der Waals surface area contributed by atoms with E-state index < -0.39 is 0 Å². The summed E-state index contributed by atoms with van der Waals surface area (Å²) in [6.07, 6.45) is 7.34. The lowest BCUT2D eigenvalue weighted by Gasteiger charge is -2.29. The lowest BCUT2D eigenvalue weighted by molar-refractivity contribution is 0.0319. The van der Waals surface area contributed by atoms with Crippen LogP contribution in [-0.4, -0.2) is 81.8 Å². The number of aromatic nitrogens is 3. The summed E-state index contributed by atoms with van der Waals surface area (Å²) in [5.74, 6) is 0. The van der Waals surface area contributed by atoms with Crippen LogP contribution >= 0.6 is 0 Å². The molecule has 0 amide bonds. The Morgan fingerprint density at radius 1 is 1.23 bits per heavy atom. The van der Waals surface area contributed by atoms with Gasteiger partial charge in [-0.15, -0.1) is 0 Å². The Balaban J connectivity index is 1.60. The van der Waals surface area contributed by atoms with E-state index in [9.17, 15) is 5.11 Å². The highest BCUT2D eigenvalue weighted by atomic mass is 16.5. The van der Waals surface area contributed by atoms with Gasteiger partial charge in [0.15, 0.2) is 5.65 Å². The highest BCUT2D eigenvalue weighted by Gasteiger charge is 2.14. The third-order valence-corrected chi connectivity index (χ3v) is 4.03. The number of aliphatic hydroxyl groups is 1. The van der Waals surface area contributed by atoms with Crippen molar-refractivity contribution < 1.29 is 9.84 Å². The molecule has 1 aliphatic heterocycles. The smallest absolute Gasteiger partial charge is 0.155 e. The van der Waals surface area contributed by atoms with Crippen molar-refractivity contribution in [2.75, 3.05) is 52.5 Å². The molecule has 22 heavy (non-hydrogen) atoms. The molecule has 0 atom stereocenters. The normalized spacial score (nSPS) is 16.6. The van der Waals surface area contributed by atoms with Gasteiger partial charge in [-0.2, -0.15) is 0 Å². The van der Waals surface area contributed by atoms with Gasteiger partial charge in [0, 0.05) is 51.7 Å². The molecule has 2 aromatic rings. The van der Waals surface area contributed by atoms with Crippen LogP contribution in [0, 0.1) is 0 Å². The van der Waals surface area contributed by atoms with Crippen LogP contribution in [0.1, 0.15) is 5.69 Å². The maximum atomic E-state index is 9.31. The zero-order valence-corrected chi connectivity index (χ0v) is 12.8. The number of imidazole rings is 1. The standard InChI is InChI=1S/C15H23N5O2/c21-8-5-19(4-3-18-6-9-22-10-7-18)13-14-11-17-15-12-16-1-2-20(14)15/h1-2,11-12,21H,3-10,13H2. The van der Waals surface area contributed by atoms with E-state index in [1.165, 1.54) is 0 Å². The Morgan fingerprint density at radius 3 is 2.91 bits per heavy atom. The lowest BCUT2D eigenvalue weighted by Crippen LogP contribution is -2.42. The molecule has 120 valence electrons. The van der Waals surface area contributed by atoms with Crippen molar-refractivity contribution in [3.63, 3.8) is 0 Å². The Morgan fingerprint density at radius 2 is 2.09 bits per heavy atom. The van der Waals surface area contributed by atoms with E-state index in [1.54, 1.807) is 12.4 Å². The summed E-state index contributed by atoms with van der Waals surface area (Å²) < 4.78 is 7.42. The summed E-state index contributed by atoms with van der Waals surface area (Å²) in [5.41, 5.74) is 1.97. The largest absolute Gasteiger partial charge is 0.395 e. The number of morpholine rings is 1. The average molecular weight is 305 g/mol. The minimum absolute atomic E-state index is 0.168.